The van der Waals surface area contributed by atoms with Gasteiger partial charge in [-0.25, -0.2) is 0 Å². The molecule has 0 fully saturated rings. The molecular formula is C11H16O3. The molecule has 14 heavy (non-hydrogen) atoms. The van der Waals surface area contributed by atoms with Crippen LogP contribution < -0.4 is 0 Å². The minimum Gasteiger partial charge on any atom is -0.466 e. The molecule has 1 heterocycles. The molecule has 0 bridgehead atoms. The lowest BCUT2D eigenvalue weighted by molar-refractivity contribution is 0.0583. The van der Waals surface area contributed by atoms with Gasteiger partial charge < -0.3 is 9.15 Å². The zero-order valence-electron chi connectivity index (χ0n) is 9.09. The van der Waals surface area contributed by atoms with E-state index in [-0.39, 0.29) is 18.5 Å². The molecule has 0 N–H and O–H groups in total. The van der Waals surface area contributed by atoms with Crippen LogP contribution in [-0.2, 0) is 4.74 Å². The summed E-state index contributed by atoms with van der Waals surface area (Å²) in [5.41, 5.74) is 0.628. The summed E-state index contributed by atoms with van der Waals surface area (Å²) in [7, 11) is 0. The van der Waals surface area contributed by atoms with Crippen LogP contribution in [0.4, 0.5) is 0 Å². The number of furan rings is 1. The Morgan fingerprint density at radius 1 is 1.50 bits per heavy atom. The fourth-order valence-electron chi connectivity index (χ4n) is 1.23. The first-order chi connectivity index (χ1) is 6.50. The van der Waals surface area contributed by atoms with Crippen molar-refractivity contribution < 1.29 is 13.9 Å². The maximum Gasteiger partial charge on any atom is 0.191 e. The van der Waals surface area contributed by atoms with E-state index in [9.17, 15) is 4.79 Å². The van der Waals surface area contributed by atoms with Gasteiger partial charge >= 0.3 is 0 Å². The van der Waals surface area contributed by atoms with Gasteiger partial charge in [-0.05, 0) is 33.8 Å². The van der Waals surface area contributed by atoms with Crippen LogP contribution in [0.3, 0.4) is 0 Å². The minimum atomic E-state index is -0.0203. The zero-order chi connectivity index (χ0) is 10.7. The summed E-state index contributed by atoms with van der Waals surface area (Å²) < 4.78 is 10.5. The lowest BCUT2D eigenvalue weighted by Crippen LogP contribution is -2.13. The molecule has 1 rings (SSSR count). The molecule has 0 atom stereocenters. The monoisotopic (exact) mass is 196 g/mol. The third-order valence-electron chi connectivity index (χ3n) is 1.89. The summed E-state index contributed by atoms with van der Waals surface area (Å²) in [6, 6.07) is 1.75. The maximum atomic E-state index is 11.6. The van der Waals surface area contributed by atoms with Crippen molar-refractivity contribution in [1.82, 2.24) is 0 Å². The van der Waals surface area contributed by atoms with Gasteiger partial charge in [-0.1, -0.05) is 0 Å². The molecule has 0 radical (unpaired) electrons. The molecule has 0 saturated carbocycles. The van der Waals surface area contributed by atoms with Crippen molar-refractivity contribution in [3.8, 4) is 0 Å². The van der Waals surface area contributed by atoms with Crippen molar-refractivity contribution in [1.29, 1.82) is 0 Å². The largest absolute Gasteiger partial charge is 0.466 e. The third-order valence-corrected chi connectivity index (χ3v) is 1.89. The van der Waals surface area contributed by atoms with E-state index in [0.29, 0.717) is 11.3 Å². The first-order valence-corrected chi connectivity index (χ1v) is 4.72. The number of rotatable bonds is 4. The summed E-state index contributed by atoms with van der Waals surface area (Å²) in [6.07, 6.45) is 0.0762. The van der Waals surface area contributed by atoms with Crippen LogP contribution in [-0.4, -0.2) is 18.5 Å². The van der Waals surface area contributed by atoms with E-state index in [4.69, 9.17) is 9.15 Å². The van der Waals surface area contributed by atoms with E-state index in [0.717, 1.165) is 5.76 Å². The average molecular weight is 196 g/mol. The van der Waals surface area contributed by atoms with E-state index >= 15 is 0 Å². The number of Topliss-reactive ketones (excluding diaryl/α,β-unsaturated/α-hetero) is 1. The zero-order valence-corrected chi connectivity index (χ0v) is 9.09. The number of aryl methyl sites for hydroxylation is 2. The second-order valence-electron chi connectivity index (χ2n) is 3.61. The Bertz CT molecular complexity index is 323. The summed E-state index contributed by atoms with van der Waals surface area (Å²) in [5, 5.41) is 0. The molecule has 0 amide bonds. The van der Waals surface area contributed by atoms with Crippen molar-refractivity contribution >= 4 is 5.78 Å². The number of ketones is 1. The molecule has 0 aliphatic heterocycles. The summed E-state index contributed by atoms with van der Waals surface area (Å²) in [4.78, 5) is 11.6. The molecule has 0 unspecified atom stereocenters. The summed E-state index contributed by atoms with van der Waals surface area (Å²) >= 11 is 0. The van der Waals surface area contributed by atoms with Crippen LogP contribution in [0.5, 0.6) is 0 Å². The van der Waals surface area contributed by atoms with E-state index in [1.54, 1.807) is 13.0 Å². The highest BCUT2D eigenvalue weighted by Crippen LogP contribution is 2.14. The van der Waals surface area contributed by atoms with Crippen molar-refractivity contribution in [2.45, 2.75) is 33.8 Å². The van der Waals surface area contributed by atoms with E-state index in [1.165, 1.54) is 0 Å². The van der Waals surface area contributed by atoms with Gasteiger partial charge in [-0.2, -0.15) is 0 Å². The number of carbonyl (C=O) groups is 1. The van der Waals surface area contributed by atoms with Crippen molar-refractivity contribution in [3.05, 3.63) is 23.2 Å². The average Bonchev–Trinajstić information content (AvgIpc) is 2.41. The van der Waals surface area contributed by atoms with Crippen LogP contribution in [0.2, 0.25) is 0 Å². The lowest BCUT2D eigenvalue weighted by atomic mass is 10.2. The third kappa shape index (κ3) is 2.70. The SMILES string of the molecule is Cc1cc(C(=O)COC(C)C)c(C)o1. The minimum absolute atomic E-state index is 0.0203. The normalized spacial score (nSPS) is 10.9. The Kier molecular flexibility index (Phi) is 3.47. The molecule has 0 saturated heterocycles. The Morgan fingerprint density at radius 3 is 2.57 bits per heavy atom. The highest BCUT2D eigenvalue weighted by molar-refractivity contribution is 5.98. The summed E-state index contributed by atoms with van der Waals surface area (Å²) in [6.45, 7) is 7.54. The van der Waals surface area contributed by atoms with E-state index in [2.05, 4.69) is 0 Å². The molecule has 0 aromatic carbocycles. The van der Waals surface area contributed by atoms with Crippen LogP contribution >= 0.6 is 0 Å². The number of carbonyl (C=O) groups excluding carboxylic acids is 1. The van der Waals surface area contributed by atoms with Gasteiger partial charge in [0.1, 0.15) is 18.1 Å². The lowest BCUT2D eigenvalue weighted by Gasteiger charge is -2.05. The molecule has 3 heteroatoms. The van der Waals surface area contributed by atoms with Crippen molar-refractivity contribution in [2.24, 2.45) is 0 Å². The highest BCUT2D eigenvalue weighted by Gasteiger charge is 2.13. The second-order valence-corrected chi connectivity index (χ2v) is 3.61. The van der Waals surface area contributed by atoms with E-state index < -0.39 is 0 Å². The Hall–Kier alpha value is -1.09. The molecule has 0 spiro atoms. The van der Waals surface area contributed by atoms with Gasteiger partial charge in [0.05, 0.1) is 11.7 Å². The van der Waals surface area contributed by atoms with Gasteiger partial charge in [0.2, 0.25) is 0 Å². The van der Waals surface area contributed by atoms with Crippen LogP contribution in [0.15, 0.2) is 10.5 Å². The molecule has 1 aromatic rings. The fourth-order valence-corrected chi connectivity index (χ4v) is 1.23. The smallest absolute Gasteiger partial charge is 0.191 e. The number of ether oxygens (including phenoxy) is 1. The van der Waals surface area contributed by atoms with Gasteiger partial charge in [0.25, 0.3) is 0 Å². The number of hydrogen-bond donors (Lipinski definition) is 0. The molecule has 0 aliphatic rings. The van der Waals surface area contributed by atoms with Crippen molar-refractivity contribution in [2.75, 3.05) is 6.61 Å². The molecule has 78 valence electrons. The standard InChI is InChI=1S/C11H16O3/c1-7(2)13-6-11(12)10-5-8(3)14-9(10)4/h5,7H,6H2,1-4H3. The van der Waals surface area contributed by atoms with Crippen LogP contribution in [0, 0.1) is 13.8 Å². The van der Waals surface area contributed by atoms with E-state index in [1.807, 2.05) is 20.8 Å². The van der Waals surface area contributed by atoms with Gasteiger partial charge in [-0.15, -0.1) is 0 Å². The van der Waals surface area contributed by atoms with Gasteiger partial charge in [-0.3, -0.25) is 4.79 Å². The quantitative estimate of drug-likeness (QED) is 0.694. The van der Waals surface area contributed by atoms with Crippen LogP contribution in [0.1, 0.15) is 35.7 Å². The molecule has 3 nitrogen and oxygen atoms in total. The molecule has 0 aliphatic carbocycles. The second kappa shape index (κ2) is 4.42. The number of hydrogen-bond acceptors (Lipinski definition) is 3. The maximum absolute atomic E-state index is 11.6. The predicted octanol–water partition coefficient (Wildman–Crippen LogP) is 2.50. The van der Waals surface area contributed by atoms with Crippen LogP contribution in [0.25, 0.3) is 0 Å². The van der Waals surface area contributed by atoms with Crippen molar-refractivity contribution in [3.63, 3.8) is 0 Å². The predicted molar refractivity (Wildman–Crippen MR) is 53.6 cm³/mol. The molecular weight excluding hydrogens is 180 g/mol. The Morgan fingerprint density at radius 2 is 2.14 bits per heavy atom. The fraction of sp³-hybridized carbons (Fsp3) is 0.545. The highest BCUT2D eigenvalue weighted by atomic mass is 16.5. The Labute approximate surface area is 84.1 Å². The van der Waals surface area contributed by atoms with Gasteiger partial charge in [0.15, 0.2) is 5.78 Å². The first kappa shape index (κ1) is 11.0. The summed E-state index contributed by atoms with van der Waals surface area (Å²) in [5.74, 6) is 1.41. The van der Waals surface area contributed by atoms with Gasteiger partial charge in [0, 0.05) is 0 Å². The Balaban J connectivity index is 2.65. The first-order valence-electron chi connectivity index (χ1n) is 4.72. The topological polar surface area (TPSA) is 39.4 Å². The molecule has 1 aromatic heterocycles.